The summed E-state index contributed by atoms with van der Waals surface area (Å²) in [5, 5.41) is 0. The molecule has 0 atom stereocenters. The van der Waals surface area contributed by atoms with E-state index in [0.717, 1.165) is 13.0 Å². The van der Waals surface area contributed by atoms with Crippen molar-refractivity contribution >= 4 is 30.2 Å². The van der Waals surface area contributed by atoms with Crippen molar-refractivity contribution in [2.24, 2.45) is 10.7 Å². The minimum Gasteiger partial charge on any atom is -0.382 e. The molecule has 1 aromatic rings. The van der Waals surface area contributed by atoms with E-state index < -0.39 is 0 Å². The molecule has 0 amide bonds. The average Bonchev–Trinajstić information content (AvgIpc) is 2.04. The summed E-state index contributed by atoms with van der Waals surface area (Å²) in [6, 6.07) is 0. The van der Waals surface area contributed by atoms with E-state index >= 15 is 0 Å². The zero-order chi connectivity index (χ0) is 8.55. The van der Waals surface area contributed by atoms with Gasteiger partial charge in [-0.3, -0.25) is 0 Å². The van der Waals surface area contributed by atoms with Gasteiger partial charge in [-0.15, -0.1) is 0 Å². The quantitative estimate of drug-likeness (QED) is 0.700. The van der Waals surface area contributed by atoms with Gasteiger partial charge in [0.05, 0.1) is 3.63 Å². The van der Waals surface area contributed by atoms with Crippen LogP contribution in [0, 0.1) is 3.70 Å². The molecular formula is C7H7IN4. The van der Waals surface area contributed by atoms with Crippen LogP contribution in [-0.4, -0.2) is 19.4 Å². The lowest BCUT2D eigenvalue weighted by Gasteiger charge is -2.07. The fourth-order valence-corrected chi connectivity index (χ4v) is 3.02. The Bertz CT molecular complexity index is 383. The molecule has 0 unspecified atom stereocenters. The van der Waals surface area contributed by atoms with Gasteiger partial charge in [-0.25, -0.2) is 15.0 Å². The molecule has 0 spiro atoms. The molecule has 2 heterocycles. The SMILES string of the molecule is CC1=Ic2nccnc2C(N)=N1. The molecule has 2 N–H and O–H groups in total. The van der Waals surface area contributed by atoms with E-state index in [1.807, 2.05) is 6.92 Å². The molecule has 0 aliphatic carbocycles. The molecule has 5 heteroatoms. The standard InChI is InChI=1S/C7H7IN4/c1-4-8-6-5(7(9)12-4)10-2-3-11-6/h2-3H,1H3,(H2,9,12). The van der Waals surface area contributed by atoms with Crippen LogP contribution in [0.5, 0.6) is 0 Å². The van der Waals surface area contributed by atoms with Crippen molar-refractivity contribution in [2.75, 3.05) is 0 Å². The lowest BCUT2D eigenvalue weighted by atomic mass is 10.4. The molecule has 1 aromatic heterocycles. The normalized spacial score (nSPS) is 15.4. The molecule has 4 nitrogen and oxygen atoms in total. The first-order valence-electron chi connectivity index (χ1n) is 3.41. The highest BCUT2D eigenvalue weighted by molar-refractivity contribution is 14.2. The van der Waals surface area contributed by atoms with Gasteiger partial charge in [-0.1, -0.05) is 0 Å². The van der Waals surface area contributed by atoms with Gasteiger partial charge in [0.15, 0.2) is 5.84 Å². The lowest BCUT2D eigenvalue weighted by molar-refractivity contribution is 1.13. The van der Waals surface area contributed by atoms with Gasteiger partial charge in [0.1, 0.15) is 9.39 Å². The van der Waals surface area contributed by atoms with E-state index in [-0.39, 0.29) is 20.7 Å². The highest BCUT2D eigenvalue weighted by atomic mass is 127. The van der Waals surface area contributed by atoms with Crippen molar-refractivity contribution in [3.8, 4) is 0 Å². The summed E-state index contributed by atoms with van der Waals surface area (Å²) in [6.07, 6.45) is 3.34. The van der Waals surface area contributed by atoms with Crippen molar-refractivity contribution in [2.45, 2.75) is 6.92 Å². The van der Waals surface area contributed by atoms with Crippen LogP contribution in [0.25, 0.3) is 0 Å². The third-order valence-corrected chi connectivity index (χ3v) is 3.72. The summed E-state index contributed by atoms with van der Waals surface area (Å²) in [4.78, 5) is 12.5. The maximum atomic E-state index is 5.68. The predicted molar refractivity (Wildman–Crippen MR) is 56.2 cm³/mol. The van der Waals surface area contributed by atoms with Crippen LogP contribution in [-0.2, 0) is 0 Å². The van der Waals surface area contributed by atoms with Crippen molar-refractivity contribution < 1.29 is 0 Å². The summed E-state index contributed by atoms with van der Waals surface area (Å²) in [5.74, 6) is 0.501. The Kier molecular flexibility index (Phi) is 1.87. The zero-order valence-corrected chi connectivity index (χ0v) is 8.61. The van der Waals surface area contributed by atoms with E-state index in [9.17, 15) is 0 Å². The third kappa shape index (κ3) is 1.24. The largest absolute Gasteiger partial charge is 0.382 e. The summed E-state index contributed by atoms with van der Waals surface area (Å²) in [6.45, 7) is 1.98. The third-order valence-electron chi connectivity index (χ3n) is 1.40. The average molecular weight is 274 g/mol. The van der Waals surface area contributed by atoms with Gasteiger partial charge in [0.25, 0.3) is 0 Å². The Morgan fingerprint density at radius 2 is 2.08 bits per heavy atom. The molecule has 1 aliphatic heterocycles. The molecule has 0 saturated heterocycles. The Balaban J connectivity index is 2.66. The fourth-order valence-electron chi connectivity index (χ4n) is 0.932. The number of halogens is 1. The van der Waals surface area contributed by atoms with Gasteiger partial charge >= 0.3 is 0 Å². The first-order valence-corrected chi connectivity index (χ1v) is 5.57. The number of amidine groups is 1. The molecule has 0 aromatic carbocycles. The van der Waals surface area contributed by atoms with Crippen molar-refractivity contribution in [3.63, 3.8) is 0 Å². The fraction of sp³-hybridized carbons (Fsp3) is 0.143. The van der Waals surface area contributed by atoms with Crippen molar-refractivity contribution in [1.82, 2.24) is 9.97 Å². The number of fused-ring (bicyclic) bond motifs is 1. The molecule has 1 aliphatic rings. The number of rotatable bonds is 0. The molecule has 0 radical (unpaired) electrons. The van der Waals surface area contributed by atoms with Crippen LogP contribution in [0.1, 0.15) is 12.6 Å². The summed E-state index contributed by atoms with van der Waals surface area (Å²) in [7, 11) is 0. The Hall–Kier alpha value is -0.850. The Morgan fingerprint density at radius 1 is 1.33 bits per heavy atom. The predicted octanol–water partition coefficient (Wildman–Crippen LogP) is 0.486. The number of aromatic nitrogens is 2. The molecule has 0 saturated carbocycles. The Labute approximate surface area is 79.7 Å². The second-order valence-corrected chi connectivity index (χ2v) is 5.41. The van der Waals surface area contributed by atoms with Crippen LogP contribution in [0.15, 0.2) is 17.4 Å². The lowest BCUT2D eigenvalue weighted by Crippen LogP contribution is -2.21. The summed E-state index contributed by atoms with van der Waals surface area (Å²) in [5.41, 5.74) is 6.46. The summed E-state index contributed by atoms with van der Waals surface area (Å²) >= 11 is -0.219. The number of nitrogens with zero attached hydrogens (tertiary/aromatic N) is 3. The van der Waals surface area contributed by atoms with E-state index in [2.05, 4.69) is 15.0 Å². The first kappa shape index (κ1) is 7.78. The van der Waals surface area contributed by atoms with E-state index in [0.29, 0.717) is 5.84 Å². The van der Waals surface area contributed by atoms with E-state index in [1.165, 1.54) is 0 Å². The van der Waals surface area contributed by atoms with Crippen LogP contribution in [0.3, 0.4) is 0 Å². The Morgan fingerprint density at radius 3 is 2.92 bits per heavy atom. The highest BCUT2D eigenvalue weighted by Crippen LogP contribution is 2.18. The van der Waals surface area contributed by atoms with Crippen LogP contribution in [0.4, 0.5) is 0 Å². The van der Waals surface area contributed by atoms with Crippen LogP contribution < -0.4 is 5.73 Å². The smallest absolute Gasteiger partial charge is 0.152 e. The van der Waals surface area contributed by atoms with Gasteiger partial charge in [-0.05, 0) is 27.7 Å². The van der Waals surface area contributed by atoms with E-state index in [1.54, 1.807) is 12.4 Å². The number of hydrogen-bond acceptors (Lipinski definition) is 4. The number of nitrogens with two attached hydrogens (primary N) is 1. The maximum absolute atomic E-state index is 5.68. The van der Waals surface area contributed by atoms with Gasteiger partial charge in [0.2, 0.25) is 0 Å². The van der Waals surface area contributed by atoms with Gasteiger partial charge < -0.3 is 5.73 Å². The topological polar surface area (TPSA) is 64.2 Å². The van der Waals surface area contributed by atoms with Crippen LogP contribution in [0.2, 0.25) is 0 Å². The second-order valence-electron chi connectivity index (χ2n) is 2.28. The zero-order valence-electron chi connectivity index (χ0n) is 6.45. The monoisotopic (exact) mass is 274 g/mol. The molecular weight excluding hydrogens is 267 g/mol. The van der Waals surface area contributed by atoms with Crippen LogP contribution >= 0.6 is 20.7 Å². The molecule has 12 heavy (non-hydrogen) atoms. The molecule has 0 bridgehead atoms. The van der Waals surface area contributed by atoms with Crippen molar-refractivity contribution in [1.29, 1.82) is 0 Å². The summed E-state index contributed by atoms with van der Waals surface area (Å²) < 4.78 is 2.13. The minimum absolute atomic E-state index is 0.219. The minimum atomic E-state index is -0.219. The van der Waals surface area contributed by atoms with Crippen molar-refractivity contribution in [3.05, 3.63) is 21.8 Å². The second kappa shape index (κ2) is 2.89. The highest BCUT2D eigenvalue weighted by Gasteiger charge is 2.12. The number of aliphatic imine (C=N–C) groups is 1. The molecule has 2 rings (SSSR count). The first-order chi connectivity index (χ1) is 5.77. The van der Waals surface area contributed by atoms with Gasteiger partial charge in [0, 0.05) is 12.4 Å². The van der Waals surface area contributed by atoms with E-state index in [4.69, 9.17) is 5.73 Å². The molecule has 62 valence electrons. The number of hydrogen-bond donors (Lipinski definition) is 1. The maximum Gasteiger partial charge on any atom is 0.152 e. The van der Waals surface area contributed by atoms with Gasteiger partial charge in [-0.2, -0.15) is 0 Å². The molecule has 0 fully saturated rings.